The molecule has 4 bridgehead atoms. The van der Waals surface area contributed by atoms with Crippen LogP contribution in [0.1, 0.15) is 26.7 Å². The minimum absolute atomic E-state index is 0.0468. The fraction of sp³-hybridized carbons (Fsp3) is 0.684. The Hall–Kier alpha value is -1.62. The number of carboxylic acid groups (broad SMARTS) is 1. The van der Waals surface area contributed by atoms with E-state index in [4.69, 9.17) is 4.74 Å². The molecule has 6 aliphatic rings. The summed E-state index contributed by atoms with van der Waals surface area (Å²) in [4.78, 5) is 26.4. The standard InChI is InChI=1S/C19H23NO4/c1-18(2)11-4-3-10(12(18)7-11)8-20-9-19-6-5-13(24-19)14(17(22)23)15(19)16(20)21/h3,5-6,11-15H,4,7-9H2,1-2H3,(H,22,23)/t11-,12+,13-,14+,15-,19+/m1/s1. The van der Waals surface area contributed by atoms with Gasteiger partial charge in [0.25, 0.3) is 0 Å². The Labute approximate surface area is 141 Å². The fourth-order valence-corrected chi connectivity index (χ4v) is 5.87. The molecule has 1 spiro atoms. The SMILES string of the molecule is CC1(C)[C@@H]2CC=C(CN3C[C@]45C=C[C@@H](O4)[C@H](C(=O)O)[C@@H]5C3=O)[C@@H]1C2. The molecule has 2 saturated heterocycles. The van der Waals surface area contributed by atoms with Crippen molar-refractivity contribution in [1.82, 2.24) is 4.90 Å². The predicted octanol–water partition coefficient (Wildman–Crippen LogP) is 1.85. The van der Waals surface area contributed by atoms with E-state index in [1.54, 1.807) is 0 Å². The summed E-state index contributed by atoms with van der Waals surface area (Å²) in [7, 11) is 0. The molecule has 1 amide bonds. The summed E-state index contributed by atoms with van der Waals surface area (Å²) in [5.41, 5.74) is 0.981. The molecule has 0 radical (unpaired) electrons. The van der Waals surface area contributed by atoms with Gasteiger partial charge < -0.3 is 14.7 Å². The Bertz CT molecular complexity index is 708. The van der Waals surface area contributed by atoms with Crippen LogP contribution in [0.15, 0.2) is 23.8 Å². The first-order valence-corrected chi connectivity index (χ1v) is 8.91. The summed E-state index contributed by atoms with van der Waals surface area (Å²) in [6.07, 6.45) is 7.95. The summed E-state index contributed by atoms with van der Waals surface area (Å²) < 4.78 is 5.95. The van der Waals surface area contributed by atoms with Gasteiger partial charge in [-0.15, -0.1) is 0 Å². The minimum atomic E-state index is -0.925. The van der Waals surface area contributed by atoms with Crippen molar-refractivity contribution in [2.45, 2.75) is 38.4 Å². The first-order chi connectivity index (χ1) is 11.3. The molecular formula is C19H23NO4. The van der Waals surface area contributed by atoms with Gasteiger partial charge in [0, 0.05) is 6.54 Å². The highest BCUT2D eigenvalue weighted by Gasteiger charge is 2.67. The highest BCUT2D eigenvalue weighted by Crippen LogP contribution is 2.60. The van der Waals surface area contributed by atoms with Gasteiger partial charge in [-0.05, 0) is 30.1 Å². The molecule has 6 atom stereocenters. The number of ether oxygens (including phenoxy) is 1. The first-order valence-electron chi connectivity index (χ1n) is 8.91. The maximum absolute atomic E-state index is 13.0. The topological polar surface area (TPSA) is 66.8 Å². The first kappa shape index (κ1) is 14.7. The van der Waals surface area contributed by atoms with E-state index in [-0.39, 0.29) is 5.91 Å². The average molecular weight is 329 g/mol. The number of amides is 1. The molecular weight excluding hydrogens is 306 g/mol. The maximum Gasteiger partial charge on any atom is 0.310 e. The lowest BCUT2D eigenvalue weighted by Crippen LogP contribution is -2.50. The number of likely N-dealkylation sites (tertiary alicyclic amines) is 1. The van der Waals surface area contributed by atoms with E-state index in [9.17, 15) is 14.7 Å². The van der Waals surface area contributed by atoms with E-state index in [1.165, 1.54) is 12.0 Å². The third-order valence-corrected chi connectivity index (χ3v) is 7.42. The van der Waals surface area contributed by atoms with Crippen molar-refractivity contribution in [2.24, 2.45) is 29.1 Å². The van der Waals surface area contributed by atoms with E-state index >= 15 is 0 Å². The van der Waals surface area contributed by atoms with Crippen LogP contribution < -0.4 is 0 Å². The third kappa shape index (κ3) is 1.59. The number of aliphatic carboxylic acids is 1. The van der Waals surface area contributed by atoms with Crippen LogP contribution in [0, 0.1) is 29.1 Å². The van der Waals surface area contributed by atoms with Crippen molar-refractivity contribution < 1.29 is 19.4 Å². The number of carboxylic acids is 1. The number of rotatable bonds is 3. The Morgan fingerprint density at radius 1 is 1.46 bits per heavy atom. The van der Waals surface area contributed by atoms with Gasteiger partial charge in [0.15, 0.2) is 0 Å². The van der Waals surface area contributed by atoms with Crippen molar-refractivity contribution in [1.29, 1.82) is 0 Å². The highest BCUT2D eigenvalue weighted by atomic mass is 16.5. The zero-order valence-electron chi connectivity index (χ0n) is 14.1. The molecule has 0 aromatic rings. The van der Waals surface area contributed by atoms with Gasteiger partial charge in [0.1, 0.15) is 11.5 Å². The summed E-state index contributed by atoms with van der Waals surface area (Å²) in [5, 5.41) is 9.53. The van der Waals surface area contributed by atoms with Crippen LogP contribution in [0.4, 0.5) is 0 Å². The highest BCUT2D eigenvalue weighted by molar-refractivity contribution is 5.90. The van der Waals surface area contributed by atoms with Gasteiger partial charge in [-0.3, -0.25) is 9.59 Å². The lowest BCUT2D eigenvalue weighted by atomic mass is 9.49. The molecule has 3 aliphatic carbocycles. The Morgan fingerprint density at radius 2 is 2.25 bits per heavy atom. The van der Waals surface area contributed by atoms with Crippen LogP contribution in [-0.4, -0.2) is 46.7 Å². The number of carbonyl (C=O) groups is 2. The molecule has 5 heteroatoms. The lowest BCUT2D eigenvalue weighted by Gasteiger charge is -2.56. The van der Waals surface area contributed by atoms with Gasteiger partial charge in [-0.2, -0.15) is 0 Å². The van der Waals surface area contributed by atoms with Gasteiger partial charge in [0.2, 0.25) is 5.91 Å². The molecule has 5 nitrogen and oxygen atoms in total. The number of carbonyl (C=O) groups excluding carboxylic acids is 1. The average Bonchev–Trinajstić information content (AvgIpc) is 3.16. The molecule has 0 aromatic carbocycles. The predicted molar refractivity (Wildman–Crippen MR) is 86.0 cm³/mol. The lowest BCUT2D eigenvalue weighted by molar-refractivity contribution is -0.148. The number of hydrogen-bond acceptors (Lipinski definition) is 3. The van der Waals surface area contributed by atoms with Crippen molar-refractivity contribution in [2.75, 3.05) is 13.1 Å². The normalized spacial score (nSPS) is 46.8. The molecule has 0 aromatic heterocycles. The largest absolute Gasteiger partial charge is 0.481 e. The quantitative estimate of drug-likeness (QED) is 0.803. The molecule has 24 heavy (non-hydrogen) atoms. The van der Waals surface area contributed by atoms with Crippen LogP contribution in [0.5, 0.6) is 0 Å². The molecule has 0 unspecified atom stereocenters. The monoisotopic (exact) mass is 329 g/mol. The zero-order valence-corrected chi connectivity index (χ0v) is 14.1. The van der Waals surface area contributed by atoms with Crippen LogP contribution in [-0.2, 0) is 14.3 Å². The number of fused-ring (bicyclic) bond motifs is 2. The van der Waals surface area contributed by atoms with E-state index < -0.39 is 29.5 Å². The van der Waals surface area contributed by atoms with Gasteiger partial charge >= 0.3 is 5.97 Å². The number of nitrogens with zero attached hydrogens (tertiary/aromatic N) is 1. The summed E-state index contributed by atoms with van der Waals surface area (Å²) in [5.74, 6) is -0.934. The van der Waals surface area contributed by atoms with Crippen LogP contribution in [0.25, 0.3) is 0 Å². The van der Waals surface area contributed by atoms with E-state index in [0.29, 0.717) is 24.4 Å². The second kappa shape index (κ2) is 4.31. The summed E-state index contributed by atoms with van der Waals surface area (Å²) in [6.45, 7) is 5.77. The second-order valence-electron chi connectivity index (χ2n) is 8.75. The Morgan fingerprint density at radius 3 is 2.92 bits per heavy atom. The summed E-state index contributed by atoms with van der Waals surface area (Å²) in [6, 6.07) is 0. The third-order valence-electron chi connectivity index (χ3n) is 7.42. The molecule has 1 N–H and O–H groups in total. The Kier molecular flexibility index (Phi) is 2.64. The van der Waals surface area contributed by atoms with Crippen LogP contribution in [0.2, 0.25) is 0 Å². The second-order valence-corrected chi connectivity index (χ2v) is 8.75. The fourth-order valence-electron chi connectivity index (χ4n) is 5.87. The van der Waals surface area contributed by atoms with Crippen LogP contribution >= 0.6 is 0 Å². The van der Waals surface area contributed by atoms with Crippen molar-refractivity contribution in [3.05, 3.63) is 23.8 Å². The minimum Gasteiger partial charge on any atom is -0.481 e. The smallest absolute Gasteiger partial charge is 0.310 e. The maximum atomic E-state index is 13.0. The van der Waals surface area contributed by atoms with Crippen LogP contribution in [0.3, 0.4) is 0 Å². The number of allylic oxidation sites excluding steroid dienone is 1. The van der Waals surface area contributed by atoms with Crippen molar-refractivity contribution >= 4 is 11.9 Å². The number of hydrogen-bond donors (Lipinski definition) is 1. The summed E-state index contributed by atoms with van der Waals surface area (Å²) >= 11 is 0. The van der Waals surface area contributed by atoms with E-state index in [1.807, 2.05) is 17.1 Å². The zero-order chi connectivity index (χ0) is 16.9. The van der Waals surface area contributed by atoms with Gasteiger partial charge in [-0.1, -0.05) is 37.6 Å². The van der Waals surface area contributed by atoms with Crippen molar-refractivity contribution in [3.8, 4) is 0 Å². The molecule has 6 rings (SSSR count). The molecule has 3 aliphatic heterocycles. The molecule has 128 valence electrons. The Balaban J connectivity index is 1.40. The van der Waals surface area contributed by atoms with Crippen molar-refractivity contribution in [3.63, 3.8) is 0 Å². The molecule has 1 saturated carbocycles. The van der Waals surface area contributed by atoms with Gasteiger partial charge in [0.05, 0.1) is 18.6 Å². The van der Waals surface area contributed by atoms with Gasteiger partial charge in [-0.25, -0.2) is 0 Å². The molecule has 3 fully saturated rings. The molecule has 3 heterocycles. The van der Waals surface area contributed by atoms with E-state index in [0.717, 1.165) is 12.3 Å². The van der Waals surface area contributed by atoms with E-state index in [2.05, 4.69) is 19.9 Å².